The highest BCUT2D eigenvalue weighted by Crippen LogP contribution is 2.02. The van der Waals surface area contributed by atoms with Gasteiger partial charge in [0.1, 0.15) is 0 Å². The molecule has 0 aliphatic carbocycles. The van der Waals surface area contributed by atoms with Crippen LogP contribution in [-0.4, -0.2) is 6.54 Å². The zero-order valence-electron chi connectivity index (χ0n) is 10.2. The number of benzene rings is 1. The fraction of sp³-hybridized carbons (Fsp3) is 0.250. The minimum Gasteiger partial charge on any atom is -0.385 e. The molecule has 0 unspecified atom stereocenters. The van der Waals surface area contributed by atoms with Crippen molar-refractivity contribution < 1.29 is 6.85 Å². The summed E-state index contributed by atoms with van der Waals surface area (Å²) in [5.74, 6) is 0. The van der Waals surface area contributed by atoms with E-state index >= 15 is 0 Å². The van der Waals surface area contributed by atoms with Gasteiger partial charge in [0.05, 0.1) is 6.85 Å². The van der Waals surface area contributed by atoms with Crippen molar-refractivity contribution >= 4 is 5.69 Å². The Morgan fingerprint density at radius 3 is 2.67 bits per heavy atom. The highest BCUT2D eigenvalue weighted by atomic mass is 14.8. The van der Waals surface area contributed by atoms with E-state index in [0.717, 1.165) is 0 Å². The van der Waals surface area contributed by atoms with Crippen LogP contribution < -0.4 is 5.32 Å². The predicted molar refractivity (Wildman–Crippen MR) is 40.6 cm³/mol. The predicted octanol–water partition coefficient (Wildman–Crippen LogP) is 2.12. The third-order valence-electron chi connectivity index (χ3n) is 0.854. The van der Waals surface area contributed by atoms with Gasteiger partial charge >= 0.3 is 0 Å². The van der Waals surface area contributed by atoms with Crippen molar-refractivity contribution in [1.82, 2.24) is 0 Å². The first-order valence-corrected chi connectivity index (χ1v) is 2.81. The average Bonchev–Trinajstić information content (AvgIpc) is 2.19. The lowest BCUT2D eigenvalue weighted by Gasteiger charge is -1.99. The number of rotatable bonds is 2. The van der Waals surface area contributed by atoms with Gasteiger partial charge < -0.3 is 5.32 Å². The highest BCUT2D eigenvalue weighted by molar-refractivity contribution is 5.41. The second-order valence-electron chi connectivity index (χ2n) is 1.53. The summed E-state index contributed by atoms with van der Waals surface area (Å²) >= 11 is 0. The molecular weight excluding hydrogens is 110 g/mol. The van der Waals surface area contributed by atoms with Gasteiger partial charge in [0, 0.05) is 12.2 Å². The number of hydrogen-bond acceptors (Lipinski definition) is 1. The fourth-order valence-electron chi connectivity index (χ4n) is 0.515. The number of anilines is 1. The van der Waals surface area contributed by atoms with Crippen molar-refractivity contribution in [3.05, 3.63) is 30.2 Å². The van der Waals surface area contributed by atoms with E-state index in [2.05, 4.69) is 5.32 Å². The molecule has 1 aromatic carbocycles. The molecule has 0 saturated carbocycles. The quantitative estimate of drug-likeness (QED) is 0.640. The SMILES string of the molecule is [2H]c1c([2H])c([2H])c(NCC)c([2H])c1[2H]. The third kappa shape index (κ3) is 1.76. The molecule has 0 aliphatic heterocycles. The smallest absolute Gasteiger partial charge is 0.0645 e. The molecule has 0 aromatic heterocycles. The van der Waals surface area contributed by atoms with Crippen LogP contribution in [0.15, 0.2) is 30.2 Å². The Hall–Kier alpha value is -0.980. The molecule has 0 spiro atoms. The van der Waals surface area contributed by atoms with Crippen molar-refractivity contribution in [2.75, 3.05) is 11.9 Å². The van der Waals surface area contributed by atoms with E-state index in [4.69, 9.17) is 6.85 Å². The Morgan fingerprint density at radius 1 is 1.44 bits per heavy atom. The van der Waals surface area contributed by atoms with Gasteiger partial charge in [0.15, 0.2) is 0 Å². The molecular formula is C8H11N. The molecule has 0 fully saturated rings. The van der Waals surface area contributed by atoms with Crippen molar-refractivity contribution in [2.45, 2.75) is 6.92 Å². The Bertz CT molecular complexity index is 334. The lowest BCUT2D eigenvalue weighted by molar-refractivity contribution is 1.21. The fourth-order valence-corrected chi connectivity index (χ4v) is 0.515. The molecule has 1 N–H and O–H groups in total. The van der Waals surface area contributed by atoms with Crippen LogP contribution >= 0.6 is 0 Å². The Morgan fingerprint density at radius 2 is 2.11 bits per heavy atom. The van der Waals surface area contributed by atoms with Gasteiger partial charge in [-0.1, -0.05) is 18.1 Å². The highest BCUT2D eigenvalue weighted by Gasteiger charge is 1.81. The molecule has 0 saturated heterocycles. The molecule has 1 nitrogen and oxygen atoms in total. The second kappa shape index (κ2) is 3.13. The Labute approximate surface area is 62.7 Å². The van der Waals surface area contributed by atoms with Crippen molar-refractivity contribution in [2.24, 2.45) is 0 Å². The topological polar surface area (TPSA) is 12.0 Å². The van der Waals surface area contributed by atoms with Crippen molar-refractivity contribution in [3.8, 4) is 0 Å². The molecule has 0 atom stereocenters. The zero-order valence-corrected chi connectivity index (χ0v) is 5.21. The summed E-state index contributed by atoms with van der Waals surface area (Å²) in [6, 6.07) is -1.33. The monoisotopic (exact) mass is 126 g/mol. The molecule has 0 bridgehead atoms. The minimum atomic E-state index is -0.360. The van der Waals surface area contributed by atoms with E-state index in [1.807, 2.05) is 0 Å². The molecule has 0 aliphatic rings. The summed E-state index contributed by atoms with van der Waals surface area (Å²) in [6.45, 7) is 2.33. The standard InChI is InChI=1S/C8H11N/c1-2-9-8-6-4-3-5-7-8/h3-7,9H,2H2,1H3/i3D,4D,5D,6D,7D. The number of nitrogens with one attached hydrogen (secondary N) is 1. The lowest BCUT2D eigenvalue weighted by Crippen LogP contribution is -1.94. The molecule has 1 aromatic rings. The summed E-state index contributed by atoms with van der Waals surface area (Å²) in [5.41, 5.74) is 0.165. The van der Waals surface area contributed by atoms with Crippen LogP contribution in [0.1, 0.15) is 13.8 Å². The van der Waals surface area contributed by atoms with Crippen LogP contribution in [0.25, 0.3) is 0 Å². The maximum atomic E-state index is 7.50. The Kier molecular flexibility index (Phi) is 0.810. The molecule has 0 heterocycles. The lowest BCUT2D eigenvalue weighted by atomic mass is 10.3. The van der Waals surface area contributed by atoms with Gasteiger partial charge in [0.2, 0.25) is 0 Å². The summed E-state index contributed by atoms with van der Waals surface area (Å²) in [6.07, 6.45) is 0. The number of hydrogen-bond donors (Lipinski definition) is 1. The molecule has 0 amide bonds. The van der Waals surface area contributed by atoms with E-state index in [-0.39, 0.29) is 35.9 Å². The molecule has 48 valence electrons. The molecule has 9 heavy (non-hydrogen) atoms. The van der Waals surface area contributed by atoms with Gasteiger partial charge in [-0.25, -0.2) is 0 Å². The van der Waals surface area contributed by atoms with Crippen molar-refractivity contribution in [1.29, 1.82) is 0 Å². The van der Waals surface area contributed by atoms with Crippen LogP contribution in [0.3, 0.4) is 0 Å². The summed E-state index contributed by atoms with van der Waals surface area (Å²) < 4.78 is 37.1. The Balaban J connectivity index is 3.43. The first-order valence-electron chi connectivity index (χ1n) is 5.31. The minimum absolute atomic E-state index is 0.165. The summed E-state index contributed by atoms with van der Waals surface area (Å²) in [4.78, 5) is 0. The molecule has 1 rings (SSSR count). The summed E-state index contributed by atoms with van der Waals surface area (Å²) in [7, 11) is 0. The van der Waals surface area contributed by atoms with E-state index < -0.39 is 0 Å². The normalized spacial score (nSPS) is 16.8. The first kappa shape index (κ1) is 2.33. The largest absolute Gasteiger partial charge is 0.385 e. The average molecular weight is 126 g/mol. The van der Waals surface area contributed by atoms with E-state index in [1.54, 1.807) is 6.92 Å². The van der Waals surface area contributed by atoms with Gasteiger partial charge in [-0.05, 0) is 19.0 Å². The van der Waals surface area contributed by atoms with E-state index in [1.165, 1.54) is 0 Å². The van der Waals surface area contributed by atoms with Crippen LogP contribution in [0.4, 0.5) is 5.69 Å². The zero-order chi connectivity index (χ0) is 10.9. The van der Waals surface area contributed by atoms with E-state index in [9.17, 15) is 0 Å². The van der Waals surface area contributed by atoms with Crippen LogP contribution in [-0.2, 0) is 0 Å². The van der Waals surface area contributed by atoms with Gasteiger partial charge in [-0.15, -0.1) is 0 Å². The van der Waals surface area contributed by atoms with Gasteiger partial charge in [-0.2, -0.15) is 0 Å². The maximum absolute atomic E-state index is 7.50. The van der Waals surface area contributed by atoms with Crippen molar-refractivity contribution in [3.63, 3.8) is 0 Å². The van der Waals surface area contributed by atoms with Crippen LogP contribution in [0.5, 0.6) is 0 Å². The van der Waals surface area contributed by atoms with Gasteiger partial charge in [0.25, 0.3) is 0 Å². The first-order chi connectivity index (χ1) is 6.50. The maximum Gasteiger partial charge on any atom is 0.0645 e. The van der Waals surface area contributed by atoms with Gasteiger partial charge in [-0.3, -0.25) is 0 Å². The molecule has 0 radical (unpaired) electrons. The summed E-state index contributed by atoms with van der Waals surface area (Å²) in [5, 5.41) is 2.75. The number of para-hydroxylation sites is 1. The van der Waals surface area contributed by atoms with E-state index in [0.29, 0.717) is 6.54 Å². The second-order valence-corrected chi connectivity index (χ2v) is 1.53. The van der Waals surface area contributed by atoms with Crippen LogP contribution in [0.2, 0.25) is 0 Å². The molecule has 1 heteroatoms. The third-order valence-corrected chi connectivity index (χ3v) is 0.854. The van der Waals surface area contributed by atoms with Crippen LogP contribution in [0, 0.1) is 0 Å².